The Morgan fingerprint density at radius 1 is 0.429 bits per heavy atom. The zero-order valence-electron chi connectivity index (χ0n) is 33.8. The number of aromatic nitrogens is 5. The number of hydrogen-bond acceptors (Lipinski definition) is 2. The van der Waals surface area contributed by atoms with Gasteiger partial charge in [-0.25, -0.2) is 4.98 Å². The topological polar surface area (TPSA) is 40.0 Å². The summed E-state index contributed by atoms with van der Waals surface area (Å²) >= 11 is 0. The van der Waals surface area contributed by atoms with E-state index in [1.54, 1.807) is 0 Å². The van der Waals surface area contributed by atoms with Crippen LogP contribution >= 0.6 is 0 Å². The molecule has 0 radical (unpaired) electrons. The maximum Gasteiger partial charge on any atom is 2.00 e. The van der Waals surface area contributed by atoms with E-state index in [1.165, 1.54) is 43.0 Å². The molecular formula is C56H35N5PtSi. The number of imidazole rings is 1. The molecule has 0 bridgehead atoms. The summed E-state index contributed by atoms with van der Waals surface area (Å²) < 4.78 is 6.95. The van der Waals surface area contributed by atoms with Gasteiger partial charge in [-0.3, -0.25) is 4.98 Å². The van der Waals surface area contributed by atoms with E-state index in [4.69, 9.17) is 9.97 Å². The van der Waals surface area contributed by atoms with Crippen LogP contribution in [0.3, 0.4) is 0 Å². The molecule has 5 heterocycles. The first-order valence-electron chi connectivity index (χ1n) is 21.0. The van der Waals surface area contributed by atoms with Crippen LogP contribution < -0.4 is 20.7 Å². The molecule has 0 saturated heterocycles. The predicted molar refractivity (Wildman–Crippen MR) is 258 cm³/mol. The van der Waals surface area contributed by atoms with Crippen LogP contribution in [0.4, 0.5) is 0 Å². The maximum atomic E-state index is 5.01. The molecule has 0 aliphatic heterocycles. The van der Waals surface area contributed by atoms with Crippen LogP contribution in [0, 0.1) is 12.1 Å². The number of fused-ring (bicyclic) bond motifs is 13. The fraction of sp³-hybridized carbons (Fsp3) is 0. The molecule has 8 aromatic carbocycles. The van der Waals surface area contributed by atoms with Gasteiger partial charge in [0.1, 0.15) is 13.9 Å². The third-order valence-corrected chi connectivity index (χ3v) is 17.4. The minimum atomic E-state index is -3.17. The van der Waals surface area contributed by atoms with Crippen molar-refractivity contribution in [3.63, 3.8) is 0 Å². The molecule has 7 heteroatoms. The van der Waals surface area contributed by atoms with Crippen LogP contribution in [0.5, 0.6) is 0 Å². The van der Waals surface area contributed by atoms with Gasteiger partial charge < -0.3 is 13.5 Å². The van der Waals surface area contributed by atoms with E-state index in [0.29, 0.717) is 0 Å². The quantitative estimate of drug-likeness (QED) is 0.0721. The van der Waals surface area contributed by atoms with Crippen molar-refractivity contribution in [1.82, 2.24) is 23.5 Å². The Morgan fingerprint density at radius 3 is 1.75 bits per heavy atom. The van der Waals surface area contributed by atoms with Gasteiger partial charge in [0.15, 0.2) is 0 Å². The molecule has 13 rings (SSSR count). The Hall–Kier alpha value is -7.37. The van der Waals surface area contributed by atoms with E-state index in [0.717, 1.165) is 60.2 Å². The summed E-state index contributed by atoms with van der Waals surface area (Å²) in [5.41, 5.74) is 7.56. The van der Waals surface area contributed by atoms with Crippen molar-refractivity contribution in [2.75, 3.05) is 0 Å². The summed E-state index contributed by atoms with van der Waals surface area (Å²) in [6.45, 7) is 0. The third-order valence-electron chi connectivity index (χ3n) is 12.9. The van der Waals surface area contributed by atoms with Crippen molar-refractivity contribution in [2.45, 2.75) is 0 Å². The molecule has 0 spiro atoms. The SMILES string of the molecule is [Pt+2].[c-]1c([Si](c2[c-]c3c(cc2)c2c(ccc4c5ccccc5n(-c5ccccc5)c42)n3-c2ccccn2)(c2ccccc2)c2ccccc2)ccc2c1c1nccn1c1ccccc21. The summed E-state index contributed by atoms with van der Waals surface area (Å²) in [6.07, 6.45) is 5.84. The van der Waals surface area contributed by atoms with Crippen molar-refractivity contribution < 1.29 is 21.1 Å². The van der Waals surface area contributed by atoms with Crippen molar-refractivity contribution in [1.29, 1.82) is 0 Å². The molecule has 63 heavy (non-hydrogen) atoms. The van der Waals surface area contributed by atoms with Gasteiger partial charge in [-0.05, 0) is 63.6 Å². The largest absolute Gasteiger partial charge is 2.00 e. The molecule has 0 N–H and O–H groups in total. The number of benzene rings is 8. The standard InChI is InChI=1S/C56H35N5Si.Pt/c1-4-16-38(17-5-1)60-50-25-13-11-23-45(50)46-31-32-51-54(55(46)60)47-30-28-42(37-52(47)61(51)53-26-14-15-33-57-53)62(39-18-6-2-7-19-39,40-20-8-3-9-21-40)41-27-29-43-44-22-10-12-24-49(44)59-35-34-58-56(59)48(43)36-41;/h1-35H;/q-2;+2. The Labute approximate surface area is 378 Å². The first-order valence-corrected chi connectivity index (χ1v) is 23.0. The second kappa shape index (κ2) is 14.6. The van der Waals surface area contributed by atoms with Gasteiger partial charge in [0.25, 0.3) is 0 Å². The molecule has 298 valence electrons. The molecule has 0 fully saturated rings. The van der Waals surface area contributed by atoms with E-state index < -0.39 is 8.07 Å². The molecular weight excluding hydrogens is 966 g/mol. The monoisotopic (exact) mass is 1000 g/mol. The van der Waals surface area contributed by atoms with E-state index in [1.807, 2.05) is 18.5 Å². The zero-order chi connectivity index (χ0) is 40.8. The maximum absolute atomic E-state index is 5.01. The van der Waals surface area contributed by atoms with Crippen LogP contribution in [0.25, 0.3) is 82.4 Å². The molecule has 5 nitrogen and oxygen atoms in total. The van der Waals surface area contributed by atoms with Crippen LogP contribution in [-0.4, -0.2) is 31.6 Å². The van der Waals surface area contributed by atoms with E-state index in [9.17, 15) is 0 Å². The number of rotatable bonds is 6. The van der Waals surface area contributed by atoms with Crippen LogP contribution in [0.1, 0.15) is 0 Å². The number of hydrogen-bond donors (Lipinski definition) is 0. The van der Waals surface area contributed by atoms with E-state index in [2.05, 4.69) is 220 Å². The van der Waals surface area contributed by atoms with Crippen molar-refractivity contribution >= 4 is 99.8 Å². The Kier molecular flexibility index (Phi) is 8.68. The second-order valence-electron chi connectivity index (χ2n) is 16.0. The van der Waals surface area contributed by atoms with Crippen molar-refractivity contribution in [3.8, 4) is 11.5 Å². The molecule has 13 aromatic rings. The average Bonchev–Trinajstić information content (AvgIpc) is 4.07. The van der Waals surface area contributed by atoms with Gasteiger partial charge in [0.2, 0.25) is 0 Å². The average molecular weight is 1000 g/mol. The molecule has 0 atom stereocenters. The van der Waals surface area contributed by atoms with Gasteiger partial charge in [-0.2, -0.15) is 23.4 Å². The summed E-state index contributed by atoms with van der Waals surface area (Å²) in [6, 6.07) is 78.6. The summed E-state index contributed by atoms with van der Waals surface area (Å²) in [5, 5.41) is 12.8. The first kappa shape index (κ1) is 37.4. The minimum Gasteiger partial charge on any atom is -0.340 e. The van der Waals surface area contributed by atoms with Gasteiger partial charge >= 0.3 is 21.1 Å². The smallest absolute Gasteiger partial charge is 0.340 e. The van der Waals surface area contributed by atoms with Crippen LogP contribution in [-0.2, 0) is 21.1 Å². The fourth-order valence-corrected chi connectivity index (χ4v) is 14.8. The minimum absolute atomic E-state index is 0. The van der Waals surface area contributed by atoms with Crippen molar-refractivity contribution in [3.05, 3.63) is 225 Å². The number of para-hydroxylation sites is 3. The first-order chi connectivity index (χ1) is 30.8. The second-order valence-corrected chi connectivity index (χ2v) is 19.7. The Bertz CT molecular complexity index is 3820. The van der Waals surface area contributed by atoms with Crippen molar-refractivity contribution in [2.24, 2.45) is 0 Å². The fourth-order valence-electron chi connectivity index (χ4n) is 10.3. The zero-order valence-corrected chi connectivity index (χ0v) is 37.0. The molecule has 0 aliphatic rings. The van der Waals surface area contributed by atoms with Gasteiger partial charge in [0, 0.05) is 46.1 Å². The van der Waals surface area contributed by atoms with Gasteiger partial charge in [-0.15, -0.1) is 28.8 Å². The Morgan fingerprint density at radius 2 is 1.03 bits per heavy atom. The molecule has 0 unspecified atom stereocenters. The molecule has 5 aromatic heterocycles. The molecule has 0 amide bonds. The molecule has 0 aliphatic carbocycles. The van der Waals surface area contributed by atoms with Gasteiger partial charge in [-0.1, -0.05) is 144 Å². The predicted octanol–water partition coefficient (Wildman–Crippen LogP) is 10.2. The Balaban J connectivity index is 0.00000421. The molecule has 0 saturated carbocycles. The normalized spacial score (nSPS) is 12.0. The van der Waals surface area contributed by atoms with E-state index in [-0.39, 0.29) is 21.1 Å². The number of pyridine rings is 2. The van der Waals surface area contributed by atoms with Crippen LogP contribution in [0.2, 0.25) is 0 Å². The van der Waals surface area contributed by atoms with Crippen LogP contribution in [0.15, 0.2) is 213 Å². The summed E-state index contributed by atoms with van der Waals surface area (Å²) in [5.74, 6) is 0.847. The van der Waals surface area contributed by atoms with Gasteiger partial charge in [0.05, 0.1) is 16.7 Å². The summed E-state index contributed by atoms with van der Waals surface area (Å²) in [4.78, 5) is 9.95. The number of nitrogens with zero attached hydrogens (tertiary/aromatic N) is 5. The third kappa shape index (κ3) is 5.38. The van der Waals surface area contributed by atoms with E-state index >= 15 is 0 Å². The summed E-state index contributed by atoms with van der Waals surface area (Å²) in [7, 11) is -3.17.